The lowest BCUT2D eigenvalue weighted by molar-refractivity contribution is 1.11. The van der Waals surface area contributed by atoms with Gasteiger partial charge in [0.2, 0.25) is 0 Å². The zero-order valence-electron chi connectivity index (χ0n) is 7.60. The first-order valence-electron chi connectivity index (χ1n) is 3.99. The van der Waals surface area contributed by atoms with Crippen molar-refractivity contribution in [2.45, 2.75) is 0 Å². The van der Waals surface area contributed by atoms with E-state index in [0.717, 1.165) is 0 Å². The van der Waals surface area contributed by atoms with Gasteiger partial charge in [-0.3, -0.25) is 4.70 Å². The normalized spacial score (nSPS) is 7.69. The molecule has 0 atom stereocenters. The summed E-state index contributed by atoms with van der Waals surface area (Å²) in [5.41, 5.74) is 1.32. The van der Waals surface area contributed by atoms with Crippen molar-refractivity contribution in [2.24, 2.45) is 0 Å². The minimum absolute atomic E-state index is 0. The van der Waals surface area contributed by atoms with Gasteiger partial charge in [-0.1, -0.05) is 35.8 Å². The highest BCUT2D eigenvalue weighted by molar-refractivity contribution is 6.32. The van der Waals surface area contributed by atoms with Crippen LogP contribution >= 0.6 is 0 Å². The van der Waals surface area contributed by atoms with Crippen LogP contribution < -0.4 is 5.46 Å². The molecular weight excluding hydrogens is 164 g/mol. The van der Waals surface area contributed by atoms with Gasteiger partial charge in [-0.05, 0) is 12.1 Å². The van der Waals surface area contributed by atoms with Crippen LogP contribution in [0.15, 0.2) is 54.9 Å². The van der Waals surface area contributed by atoms with Gasteiger partial charge in [-0.15, -0.1) is 0 Å². The second-order valence-corrected chi connectivity index (χ2v) is 2.54. The lowest BCUT2D eigenvalue weighted by Gasteiger charge is -1.82. The number of halogens is 1. The van der Waals surface area contributed by atoms with Crippen molar-refractivity contribution in [3.05, 3.63) is 54.9 Å². The Morgan fingerprint density at radius 3 is 1.62 bits per heavy atom. The van der Waals surface area contributed by atoms with Gasteiger partial charge >= 0.3 is 0 Å². The van der Waals surface area contributed by atoms with Gasteiger partial charge in [0.05, 0.1) is 0 Å². The second-order valence-electron chi connectivity index (χ2n) is 2.54. The highest BCUT2D eigenvalue weighted by atomic mass is 19.0. The number of hydrogen-bond donors (Lipinski definition) is 1. The molecular formula is C10H13BFN. The minimum atomic E-state index is 0. The van der Waals surface area contributed by atoms with Crippen molar-refractivity contribution < 1.29 is 4.70 Å². The van der Waals surface area contributed by atoms with Crippen molar-refractivity contribution in [3.8, 4) is 0 Å². The van der Waals surface area contributed by atoms with Crippen molar-refractivity contribution in [2.75, 3.05) is 0 Å². The van der Waals surface area contributed by atoms with E-state index in [1.54, 1.807) is 0 Å². The summed E-state index contributed by atoms with van der Waals surface area (Å²) in [7, 11) is 2.08. The molecule has 3 heteroatoms. The van der Waals surface area contributed by atoms with Crippen LogP contribution in [-0.2, 0) is 0 Å². The van der Waals surface area contributed by atoms with Gasteiger partial charge in [-0.2, -0.15) is 0 Å². The molecule has 1 aromatic carbocycles. The third kappa shape index (κ3) is 5.73. The van der Waals surface area contributed by atoms with Crippen molar-refractivity contribution in [1.82, 2.24) is 4.98 Å². The molecule has 2 aromatic rings. The molecule has 0 saturated carbocycles. The summed E-state index contributed by atoms with van der Waals surface area (Å²) in [5.74, 6) is 0. The minimum Gasteiger partial charge on any atom is -0.368 e. The van der Waals surface area contributed by atoms with Crippen molar-refractivity contribution in [1.29, 1.82) is 0 Å². The Labute approximate surface area is 78.6 Å². The largest absolute Gasteiger partial charge is 0.368 e. The summed E-state index contributed by atoms with van der Waals surface area (Å²) in [4.78, 5) is 2.86. The molecule has 1 heterocycles. The molecule has 0 unspecified atom stereocenters. The molecule has 0 amide bonds. The molecule has 0 bridgehead atoms. The van der Waals surface area contributed by atoms with E-state index in [-0.39, 0.29) is 4.70 Å². The van der Waals surface area contributed by atoms with E-state index in [0.29, 0.717) is 0 Å². The number of H-pyrrole nitrogens is 1. The number of aromatic nitrogens is 1. The molecule has 0 spiro atoms. The number of hydrogen-bond acceptors (Lipinski definition) is 0. The van der Waals surface area contributed by atoms with E-state index in [9.17, 15) is 0 Å². The van der Waals surface area contributed by atoms with Gasteiger partial charge in [-0.25, -0.2) is 0 Å². The van der Waals surface area contributed by atoms with Gasteiger partial charge in [0.15, 0.2) is 0 Å². The number of nitrogens with one attached hydrogen (secondary N) is 1. The van der Waals surface area contributed by atoms with Gasteiger partial charge in [0.25, 0.3) is 0 Å². The van der Waals surface area contributed by atoms with Crippen LogP contribution in [0, 0.1) is 0 Å². The summed E-state index contributed by atoms with van der Waals surface area (Å²) in [6, 6.07) is 14.2. The molecule has 1 aromatic heterocycles. The Morgan fingerprint density at radius 2 is 1.38 bits per heavy atom. The zero-order valence-corrected chi connectivity index (χ0v) is 7.60. The Balaban J connectivity index is 0.000000215. The van der Waals surface area contributed by atoms with E-state index in [1.165, 1.54) is 5.46 Å². The molecule has 0 radical (unpaired) electrons. The monoisotopic (exact) mass is 177 g/mol. The summed E-state index contributed by atoms with van der Waals surface area (Å²) < 4.78 is 0. The molecule has 0 aliphatic rings. The van der Waals surface area contributed by atoms with Crippen LogP contribution in [0.1, 0.15) is 0 Å². The molecule has 68 valence electrons. The van der Waals surface area contributed by atoms with Crippen molar-refractivity contribution in [3.63, 3.8) is 0 Å². The predicted molar refractivity (Wildman–Crippen MR) is 57.9 cm³/mol. The Kier molecular flexibility index (Phi) is 6.33. The zero-order chi connectivity index (χ0) is 8.65. The van der Waals surface area contributed by atoms with E-state index >= 15 is 0 Å². The fourth-order valence-electron chi connectivity index (χ4n) is 0.812. The fraction of sp³-hybridized carbons (Fsp3) is 0. The molecule has 0 aliphatic carbocycles. The maximum absolute atomic E-state index is 2.86. The maximum Gasteiger partial charge on any atom is 0.139 e. The number of benzene rings is 1. The van der Waals surface area contributed by atoms with Gasteiger partial charge < -0.3 is 4.98 Å². The average Bonchev–Trinajstić information content (AvgIpc) is 2.62. The number of aromatic amines is 1. The first kappa shape index (κ1) is 11.5. The van der Waals surface area contributed by atoms with Crippen LogP contribution in [-0.4, -0.2) is 12.8 Å². The van der Waals surface area contributed by atoms with Gasteiger partial charge in [0.1, 0.15) is 7.85 Å². The first-order valence-corrected chi connectivity index (χ1v) is 3.99. The Morgan fingerprint density at radius 1 is 0.846 bits per heavy atom. The smallest absolute Gasteiger partial charge is 0.139 e. The summed E-state index contributed by atoms with van der Waals surface area (Å²) in [6.07, 6.45) is 3.75. The molecule has 13 heavy (non-hydrogen) atoms. The Hall–Kier alpha value is -1.51. The first-order chi connectivity index (χ1) is 5.89. The quantitative estimate of drug-likeness (QED) is 0.580. The summed E-state index contributed by atoms with van der Waals surface area (Å²) in [5, 5.41) is 0. The maximum atomic E-state index is 2.86. The fourth-order valence-corrected chi connectivity index (χ4v) is 0.812. The lowest BCUT2D eigenvalue weighted by Crippen LogP contribution is -1.97. The van der Waals surface area contributed by atoms with Crippen molar-refractivity contribution >= 4 is 13.3 Å². The van der Waals surface area contributed by atoms with E-state index in [1.807, 2.05) is 42.7 Å². The highest BCUT2D eigenvalue weighted by Crippen LogP contribution is 1.76. The molecule has 0 saturated heterocycles. The lowest BCUT2D eigenvalue weighted by atomic mass is 9.97. The van der Waals surface area contributed by atoms with Crippen LogP contribution in [0.5, 0.6) is 0 Å². The summed E-state index contributed by atoms with van der Waals surface area (Å²) in [6.45, 7) is 0. The van der Waals surface area contributed by atoms with Gasteiger partial charge in [0, 0.05) is 12.4 Å². The highest BCUT2D eigenvalue weighted by Gasteiger charge is 1.72. The SMILES string of the molecule is Bc1ccccc1.F.c1cc[nH]c1. The molecule has 1 nitrogen and oxygen atoms in total. The van der Waals surface area contributed by atoms with E-state index < -0.39 is 0 Å². The van der Waals surface area contributed by atoms with E-state index in [4.69, 9.17) is 0 Å². The summed E-state index contributed by atoms with van der Waals surface area (Å²) >= 11 is 0. The second kappa shape index (κ2) is 7.16. The molecule has 0 fully saturated rings. The number of rotatable bonds is 0. The van der Waals surface area contributed by atoms with E-state index in [2.05, 4.69) is 25.0 Å². The third-order valence-electron chi connectivity index (χ3n) is 1.44. The van der Waals surface area contributed by atoms with Crippen LogP contribution in [0.2, 0.25) is 0 Å². The Bertz CT molecular complexity index is 264. The molecule has 1 N–H and O–H groups in total. The standard InChI is InChI=1S/C6H7B.C4H5N.FH/c7-6-4-2-1-3-5-6;1-2-4-5-3-1;/h1-5H,7H2;1-5H;1H. The average molecular weight is 177 g/mol. The third-order valence-corrected chi connectivity index (χ3v) is 1.44. The van der Waals surface area contributed by atoms with Crippen LogP contribution in [0.3, 0.4) is 0 Å². The van der Waals surface area contributed by atoms with Crippen LogP contribution in [0.25, 0.3) is 0 Å². The molecule has 2 rings (SSSR count). The molecule has 0 aliphatic heterocycles. The topological polar surface area (TPSA) is 15.8 Å². The predicted octanol–water partition coefficient (Wildman–Crippen LogP) is 1.11. The van der Waals surface area contributed by atoms with Crippen LogP contribution in [0.4, 0.5) is 4.70 Å².